The average Bonchev–Trinajstić information content (AvgIpc) is 2.49. The molecule has 0 fully saturated rings. The van der Waals surface area contributed by atoms with E-state index in [1.54, 1.807) is 24.3 Å². The van der Waals surface area contributed by atoms with Crippen molar-refractivity contribution in [3.8, 4) is 0 Å². The third-order valence-electron chi connectivity index (χ3n) is 3.08. The second-order valence-corrected chi connectivity index (χ2v) is 4.93. The number of hydrogen-bond donors (Lipinski definition) is 0. The van der Waals surface area contributed by atoms with Crippen LogP contribution < -0.4 is 0 Å². The molecule has 0 bridgehead atoms. The molecular weight excluding hydrogens is 317 g/mol. The Balaban J connectivity index is 2.45. The molecular formula is C14H10ClF3N4. The van der Waals surface area contributed by atoms with Gasteiger partial charge in [0.25, 0.3) is 0 Å². The summed E-state index contributed by atoms with van der Waals surface area (Å²) >= 11 is 5.81. The highest BCUT2D eigenvalue weighted by atomic mass is 35.5. The molecule has 0 spiro atoms. The standard InChI is InChI=1S/C14H10ClF3N4/c15-11-3-1-9(2-4-11)12(8-21-22-19)10-5-6-20-13(7-10)14(16,17)18/h1-7,12H,8H2/t12-/m0/s1. The number of alkyl halides is 3. The largest absolute Gasteiger partial charge is 0.433 e. The SMILES string of the molecule is [N-]=[N+]=NC[C@@H](c1ccc(Cl)cc1)c1ccnc(C(F)(F)F)c1. The summed E-state index contributed by atoms with van der Waals surface area (Å²) in [6, 6.07) is 9.08. The predicted molar refractivity (Wildman–Crippen MR) is 76.5 cm³/mol. The Morgan fingerprint density at radius 3 is 2.45 bits per heavy atom. The summed E-state index contributed by atoms with van der Waals surface area (Å²) in [7, 11) is 0. The Bertz CT molecular complexity index is 694. The molecule has 1 atom stereocenters. The molecule has 0 aliphatic carbocycles. The van der Waals surface area contributed by atoms with E-state index < -0.39 is 17.8 Å². The predicted octanol–water partition coefficient (Wildman–Crippen LogP) is 5.20. The molecule has 0 radical (unpaired) electrons. The van der Waals surface area contributed by atoms with Gasteiger partial charge in [-0.2, -0.15) is 13.2 Å². The Labute approximate surface area is 129 Å². The first-order chi connectivity index (χ1) is 10.4. The maximum Gasteiger partial charge on any atom is 0.433 e. The Kier molecular flexibility index (Phi) is 4.90. The molecule has 1 heterocycles. The van der Waals surface area contributed by atoms with E-state index in [0.717, 1.165) is 12.3 Å². The van der Waals surface area contributed by atoms with Crippen LogP contribution in [0.5, 0.6) is 0 Å². The molecule has 4 nitrogen and oxygen atoms in total. The van der Waals surface area contributed by atoms with Crippen LogP contribution >= 0.6 is 11.6 Å². The zero-order valence-corrected chi connectivity index (χ0v) is 11.9. The zero-order chi connectivity index (χ0) is 16.2. The molecule has 114 valence electrons. The van der Waals surface area contributed by atoms with Gasteiger partial charge in [-0.3, -0.25) is 4.98 Å². The van der Waals surface area contributed by atoms with Gasteiger partial charge in [0.15, 0.2) is 0 Å². The summed E-state index contributed by atoms with van der Waals surface area (Å²) in [5, 5.41) is 4.00. The fraction of sp³-hybridized carbons (Fsp3) is 0.214. The van der Waals surface area contributed by atoms with Gasteiger partial charge in [0, 0.05) is 28.6 Å². The highest BCUT2D eigenvalue weighted by Gasteiger charge is 2.33. The van der Waals surface area contributed by atoms with Gasteiger partial charge < -0.3 is 0 Å². The number of nitrogens with zero attached hydrogens (tertiary/aromatic N) is 4. The van der Waals surface area contributed by atoms with Crippen LogP contribution in [0.15, 0.2) is 47.7 Å². The highest BCUT2D eigenvalue weighted by Crippen LogP contribution is 2.32. The van der Waals surface area contributed by atoms with Gasteiger partial charge >= 0.3 is 6.18 Å². The van der Waals surface area contributed by atoms with E-state index in [4.69, 9.17) is 17.1 Å². The third kappa shape index (κ3) is 3.90. The van der Waals surface area contributed by atoms with Gasteiger partial charge in [0.2, 0.25) is 0 Å². The minimum Gasteiger partial charge on any atom is -0.252 e. The molecule has 2 rings (SSSR count). The van der Waals surface area contributed by atoms with E-state index in [0.29, 0.717) is 16.1 Å². The molecule has 22 heavy (non-hydrogen) atoms. The first kappa shape index (κ1) is 16.1. The lowest BCUT2D eigenvalue weighted by Gasteiger charge is -2.17. The van der Waals surface area contributed by atoms with Crippen LogP contribution in [0, 0.1) is 0 Å². The van der Waals surface area contributed by atoms with Gasteiger partial charge in [0.1, 0.15) is 5.69 Å². The van der Waals surface area contributed by atoms with Crippen molar-refractivity contribution in [2.75, 3.05) is 6.54 Å². The van der Waals surface area contributed by atoms with Crippen molar-refractivity contribution in [3.63, 3.8) is 0 Å². The highest BCUT2D eigenvalue weighted by molar-refractivity contribution is 6.30. The average molecular weight is 327 g/mol. The molecule has 0 saturated heterocycles. The van der Waals surface area contributed by atoms with Crippen molar-refractivity contribution in [3.05, 3.63) is 74.9 Å². The Hall–Kier alpha value is -2.24. The number of rotatable bonds is 4. The molecule has 1 aromatic heterocycles. The van der Waals surface area contributed by atoms with Gasteiger partial charge in [-0.25, -0.2) is 0 Å². The van der Waals surface area contributed by atoms with Crippen molar-refractivity contribution >= 4 is 11.6 Å². The molecule has 0 aliphatic heterocycles. The lowest BCUT2D eigenvalue weighted by molar-refractivity contribution is -0.141. The Morgan fingerprint density at radius 2 is 1.86 bits per heavy atom. The molecule has 0 amide bonds. The van der Waals surface area contributed by atoms with Gasteiger partial charge in [0.05, 0.1) is 0 Å². The monoisotopic (exact) mass is 326 g/mol. The number of azide groups is 1. The summed E-state index contributed by atoms with van der Waals surface area (Å²) in [4.78, 5) is 6.01. The van der Waals surface area contributed by atoms with E-state index in [1.165, 1.54) is 6.07 Å². The lowest BCUT2D eigenvalue weighted by Crippen LogP contribution is -2.11. The Morgan fingerprint density at radius 1 is 1.18 bits per heavy atom. The van der Waals surface area contributed by atoms with E-state index in [-0.39, 0.29) is 6.54 Å². The molecule has 0 N–H and O–H groups in total. The quantitative estimate of drug-likeness (QED) is 0.433. The van der Waals surface area contributed by atoms with Crippen LogP contribution in [0.4, 0.5) is 13.2 Å². The van der Waals surface area contributed by atoms with Crippen molar-refractivity contribution in [2.24, 2.45) is 5.11 Å². The third-order valence-corrected chi connectivity index (χ3v) is 3.33. The topological polar surface area (TPSA) is 61.7 Å². The number of aromatic nitrogens is 1. The van der Waals surface area contributed by atoms with E-state index >= 15 is 0 Å². The second-order valence-electron chi connectivity index (χ2n) is 4.49. The van der Waals surface area contributed by atoms with Crippen LogP contribution in [0.2, 0.25) is 5.02 Å². The van der Waals surface area contributed by atoms with Gasteiger partial charge in [-0.1, -0.05) is 28.8 Å². The van der Waals surface area contributed by atoms with Crippen molar-refractivity contribution < 1.29 is 13.2 Å². The van der Waals surface area contributed by atoms with Crippen LogP contribution in [0.25, 0.3) is 10.4 Å². The van der Waals surface area contributed by atoms with E-state index in [9.17, 15) is 13.2 Å². The lowest BCUT2D eigenvalue weighted by atomic mass is 9.91. The number of halogens is 4. The molecule has 0 unspecified atom stereocenters. The first-order valence-corrected chi connectivity index (χ1v) is 6.59. The number of pyridine rings is 1. The van der Waals surface area contributed by atoms with Crippen LogP contribution in [0.3, 0.4) is 0 Å². The minimum absolute atomic E-state index is 0.000553. The second kappa shape index (κ2) is 6.68. The molecule has 1 aromatic carbocycles. The molecule has 2 aromatic rings. The summed E-state index contributed by atoms with van der Waals surface area (Å²) in [5.41, 5.74) is 8.58. The zero-order valence-electron chi connectivity index (χ0n) is 11.1. The summed E-state index contributed by atoms with van der Waals surface area (Å²) < 4.78 is 38.3. The summed E-state index contributed by atoms with van der Waals surface area (Å²) in [6.45, 7) is -0.000553. The summed E-state index contributed by atoms with van der Waals surface area (Å²) in [6.07, 6.45) is -3.43. The molecule has 0 aliphatic rings. The maximum absolute atomic E-state index is 12.8. The smallest absolute Gasteiger partial charge is 0.252 e. The van der Waals surface area contributed by atoms with Crippen LogP contribution in [0.1, 0.15) is 22.7 Å². The van der Waals surface area contributed by atoms with Crippen molar-refractivity contribution in [1.29, 1.82) is 0 Å². The van der Waals surface area contributed by atoms with Crippen LogP contribution in [-0.2, 0) is 6.18 Å². The fourth-order valence-corrected chi connectivity index (χ4v) is 2.16. The van der Waals surface area contributed by atoms with Crippen LogP contribution in [-0.4, -0.2) is 11.5 Å². The van der Waals surface area contributed by atoms with Gasteiger partial charge in [-0.05, 0) is 40.9 Å². The van der Waals surface area contributed by atoms with E-state index in [1.807, 2.05) is 0 Å². The summed E-state index contributed by atoms with van der Waals surface area (Å²) in [5.74, 6) is -0.503. The maximum atomic E-state index is 12.8. The van der Waals surface area contributed by atoms with Gasteiger partial charge in [-0.15, -0.1) is 0 Å². The minimum atomic E-state index is -4.53. The van der Waals surface area contributed by atoms with Crippen molar-refractivity contribution in [2.45, 2.75) is 12.1 Å². The number of benzene rings is 1. The molecule has 8 heteroatoms. The van der Waals surface area contributed by atoms with Crippen molar-refractivity contribution in [1.82, 2.24) is 4.98 Å². The fourth-order valence-electron chi connectivity index (χ4n) is 2.04. The normalized spacial score (nSPS) is 12.5. The molecule has 0 saturated carbocycles. The first-order valence-electron chi connectivity index (χ1n) is 6.21. The van der Waals surface area contributed by atoms with E-state index in [2.05, 4.69) is 15.0 Å². The number of hydrogen-bond acceptors (Lipinski definition) is 2.